The molecule has 1 fully saturated rings. The molecule has 0 radical (unpaired) electrons. The molecular formula is C26H33N3O2. The number of benzene rings is 2. The molecule has 1 aliphatic heterocycles. The molecule has 1 heterocycles. The van der Waals surface area contributed by atoms with E-state index >= 15 is 0 Å². The Morgan fingerprint density at radius 3 is 2.61 bits per heavy atom. The third kappa shape index (κ3) is 5.53. The standard InChI is InChI=1S/C26H33N3O2/c1-19-7-4-5-14-29(19)18-24-9-3-2-8-23(24)16-27-25(30)17-28-26(31)22-13-12-20-10-6-11-21(20)15-22/h2-3,8-9,12-13,15,19H,4-7,10-11,14,16-18H2,1H3,(H,27,30)(H,28,31). The summed E-state index contributed by atoms with van der Waals surface area (Å²) in [4.78, 5) is 27.3. The van der Waals surface area contributed by atoms with Crippen LogP contribution in [-0.2, 0) is 30.7 Å². The van der Waals surface area contributed by atoms with Gasteiger partial charge >= 0.3 is 0 Å². The van der Waals surface area contributed by atoms with Crippen LogP contribution in [0.1, 0.15) is 65.2 Å². The number of carbonyl (C=O) groups excluding carboxylic acids is 2. The fraction of sp³-hybridized carbons (Fsp3) is 0.462. The SMILES string of the molecule is CC1CCCCN1Cc1ccccc1CNC(=O)CNC(=O)c1ccc2c(c1)CCC2. The Kier molecular flexibility index (Phi) is 7.03. The van der Waals surface area contributed by atoms with Gasteiger partial charge in [0.2, 0.25) is 5.91 Å². The Hall–Kier alpha value is -2.66. The first-order valence-corrected chi connectivity index (χ1v) is 11.6. The number of likely N-dealkylation sites (tertiary alicyclic amines) is 1. The first-order valence-electron chi connectivity index (χ1n) is 11.6. The molecular weight excluding hydrogens is 386 g/mol. The first-order chi connectivity index (χ1) is 15.1. The molecule has 0 spiro atoms. The number of piperidine rings is 1. The fourth-order valence-corrected chi connectivity index (χ4v) is 4.73. The molecule has 2 aromatic carbocycles. The summed E-state index contributed by atoms with van der Waals surface area (Å²) in [5, 5.41) is 5.72. The topological polar surface area (TPSA) is 61.4 Å². The van der Waals surface area contributed by atoms with E-state index in [1.807, 2.05) is 24.3 Å². The van der Waals surface area contributed by atoms with Crippen molar-refractivity contribution in [2.24, 2.45) is 0 Å². The summed E-state index contributed by atoms with van der Waals surface area (Å²) < 4.78 is 0. The zero-order valence-corrected chi connectivity index (χ0v) is 18.5. The average molecular weight is 420 g/mol. The molecule has 0 saturated carbocycles. The third-order valence-electron chi connectivity index (χ3n) is 6.68. The molecule has 2 N–H and O–H groups in total. The number of fused-ring (bicyclic) bond motifs is 1. The van der Waals surface area contributed by atoms with Crippen molar-refractivity contribution in [3.05, 3.63) is 70.3 Å². The molecule has 2 amide bonds. The van der Waals surface area contributed by atoms with Gasteiger partial charge in [-0.05, 0) is 80.0 Å². The number of aryl methyl sites for hydroxylation is 2. The Labute approximate surface area is 185 Å². The predicted molar refractivity (Wildman–Crippen MR) is 123 cm³/mol. The van der Waals surface area contributed by atoms with E-state index in [4.69, 9.17) is 0 Å². The van der Waals surface area contributed by atoms with Gasteiger partial charge in [-0.3, -0.25) is 14.5 Å². The van der Waals surface area contributed by atoms with Crippen molar-refractivity contribution in [1.29, 1.82) is 0 Å². The molecule has 164 valence electrons. The zero-order valence-electron chi connectivity index (χ0n) is 18.5. The molecule has 5 heteroatoms. The number of carbonyl (C=O) groups is 2. The molecule has 31 heavy (non-hydrogen) atoms. The van der Waals surface area contributed by atoms with Crippen molar-refractivity contribution in [3.63, 3.8) is 0 Å². The number of hydrogen-bond donors (Lipinski definition) is 2. The van der Waals surface area contributed by atoms with Crippen molar-refractivity contribution in [2.45, 2.75) is 64.6 Å². The normalized spacial score (nSPS) is 18.4. The van der Waals surface area contributed by atoms with Crippen LogP contribution in [0.5, 0.6) is 0 Å². The van der Waals surface area contributed by atoms with Gasteiger partial charge in [0.1, 0.15) is 0 Å². The third-order valence-corrected chi connectivity index (χ3v) is 6.68. The van der Waals surface area contributed by atoms with Gasteiger partial charge in [-0.25, -0.2) is 0 Å². The summed E-state index contributed by atoms with van der Waals surface area (Å²) in [5.74, 6) is -0.361. The summed E-state index contributed by atoms with van der Waals surface area (Å²) >= 11 is 0. The maximum Gasteiger partial charge on any atom is 0.251 e. The molecule has 0 aromatic heterocycles. The van der Waals surface area contributed by atoms with Gasteiger partial charge in [0.05, 0.1) is 6.54 Å². The quantitative estimate of drug-likeness (QED) is 0.721. The van der Waals surface area contributed by atoms with Gasteiger partial charge in [0.25, 0.3) is 5.91 Å². The van der Waals surface area contributed by atoms with Crippen molar-refractivity contribution in [2.75, 3.05) is 13.1 Å². The second-order valence-corrected chi connectivity index (χ2v) is 8.88. The molecule has 2 aliphatic rings. The Morgan fingerprint density at radius 1 is 0.968 bits per heavy atom. The first kappa shape index (κ1) is 21.6. The van der Waals surface area contributed by atoms with Crippen LogP contribution in [0.2, 0.25) is 0 Å². The van der Waals surface area contributed by atoms with E-state index in [1.54, 1.807) is 0 Å². The van der Waals surface area contributed by atoms with Crippen LogP contribution >= 0.6 is 0 Å². The predicted octanol–water partition coefficient (Wildman–Crippen LogP) is 3.60. The van der Waals surface area contributed by atoms with Gasteiger partial charge in [-0.1, -0.05) is 36.8 Å². The summed E-state index contributed by atoms with van der Waals surface area (Å²) in [5.41, 5.74) is 5.63. The number of nitrogens with one attached hydrogen (secondary N) is 2. The van der Waals surface area contributed by atoms with E-state index in [-0.39, 0.29) is 18.4 Å². The van der Waals surface area contributed by atoms with Crippen LogP contribution in [-0.4, -0.2) is 35.8 Å². The lowest BCUT2D eigenvalue weighted by Gasteiger charge is -2.33. The van der Waals surface area contributed by atoms with Crippen LogP contribution in [0, 0.1) is 0 Å². The second-order valence-electron chi connectivity index (χ2n) is 8.88. The van der Waals surface area contributed by atoms with Crippen molar-refractivity contribution < 1.29 is 9.59 Å². The molecule has 1 atom stereocenters. The van der Waals surface area contributed by atoms with Crippen LogP contribution in [0.25, 0.3) is 0 Å². The Bertz CT molecular complexity index is 940. The summed E-state index contributed by atoms with van der Waals surface area (Å²) in [6, 6.07) is 14.8. The maximum absolute atomic E-state index is 12.4. The Morgan fingerprint density at radius 2 is 1.77 bits per heavy atom. The van der Waals surface area contributed by atoms with E-state index in [2.05, 4.69) is 40.7 Å². The van der Waals surface area contributed by atoms with Gasteiger partial charge in [-0.15, -0.1) is 0 Å². The molecule has 5 nitrogen and oxygen atoms in total. The largest absolute Gasteiger partial charge is 0.350 e. The average Bonchev–Trinajstić information content (AvgIpc) is 3.26. The van der Waals surface area contributed by atoms with Crippen molar-refractivity contribution >= 4 is 11.8 Å². The number of hydrogen-bond acceptors (Lipinski definition) is 3. The smallest absolute Gasteiger partial charge is 0.251 e. The van der Waals surface area contributed by atoms with Gasteiger partial charge < -0.3 is 10.6 Å². The van der Waals surface area contributed by atoms with E-state index in [1.165, 1.54) is 36.0 Å². The summed E-state index contributed by atoms with van der Waals surface area (Å²) in [6.07, 6.45) is 7.10. The van der Waals surface area contributed by atoms with E-state index in [0.29, 0.717) is 18.2 Å². The summed E-state index contributed by atoms with van der Waals surface area (Å²) in [6.45, 7) is 4.82. The molecule has 4 rings (SSSR count). The van der Waals surface area contributed by atoms with Crippen LogP contribution in [0.15, 0.2) is 42.5 Å². The Balaban J connectivity index is 1.27. The van der Waals surface area contributed by atoms with E-state index in [0.717, 1.165) is 37.9 Å². The molecule has 0 bridgehead atoms. The monoisotopic (exact) mass is 419 g/mol. The lowest BCUT2D eigenvalue weighted by Crippen LogP contribution is -2.38. The lowest BCUT2D eigenvalue weighted by atomic mass is 10.0. The fourth-order valence-electron chi connectivity index (χ4n) is 4.73. The number of nitrogens with zero attached hydrogens (tertiary/aromatic N) is 1. The van der Waals surface area contributed by atoms with Crippen molar-refractivity contribution in [1.82, 2.24) is 15.5 Å². The maximum atomic E-state index is 12.4. The van der Waals surface area contributed by atoms with Crippen LogP contribution in [0.3, 0.4) is 0 Å². The highest BCUT2D eigenvalue weighted by Gasteiger charge is 2.19. The van der Waals surface area contributed by atoms with Crippen LogP contribution in [0.4, 0.5) is 0 Å². The van der Waals surface area contributed by atoms with Gasteiger partial charge in [-0.2, -0.15) is 0 Å². The van der Waals surface area contributed by atoms with Gasteiger partial charge in [0.15, 0.2) is 0 Å². The highest BCUT2D eigenvalue weighted by atomic mass is 16.2. The highest BCUT2D eigenvalue weighted by molar-refractivity contribution is 5.96. The minimum atomic E-state index is -0.190. The van der Waals surface area contributed by atoms with Crippen molar-refractivity contribution in [3.8, 4) is 0 Å². The van der Waals surface area contributed by atoms with Crippen LogP contribution < -0.4 is 10.6 Å². The molecule has 1 unspecified atom stereocenters. The van der Waals surface area contributed by atoms with Gasteiger partial charge in [0, 0.05) is 24.7 Å². The van der Waals surface area contributed by atoms with E-state index in [9.17, 15) is 9.59 Å². The lowest BCUT2D eigenvalue weighted by molar-refractivity contribution is -0.120. The minimum Gasteiger partial charge on any atom is -0.350 e. The second kappa shape index (κ2) is 10.1. The number of amides is 2. The number of rotatable bonds is 7. The minimum absolute atomic E-state index is 0.0127. The molecule has 1 saturated heterocycles. The van der Waals surface area contributed by atoms with E-state index < -0.39 is 0 Å². The zero-order chi connectivity index (χ0) is 21.6. The molecule has 1 aliphatic carbocycles. The summed E-state index contributed by atoms with van der Waals surface area (Å²) in [7, 11) is 0. The highest BCUT2D eigenvalue weighted by Crippen LogP contribution is 2.23. The molecule has 2 aromatic rings.